The second kappa shape index (κ2) is 12.7. The Morgan fingerprint density at radius 1 is 1.02 bits per heavy atom. The van der Waals surface area contributed by atoms with Gasteiger partial charge < -0.3 is 29.7 Å². The molecule has 0 saturated heterocycles. The molecule has 5 N–H and O–H groups in total. The van der Waals surface area contributed by atoms with Gasteiger partial charge in [-0.25, -0.2) is 9.36 Å². The third kappa shape index (κ3) is 7.39. The number of hydrogen-bond donors (Lipinski definition) is 5. The van der Waals surface area contributed by atoms with E-state index in [0.717, 1.165) is 0 Å². The molecular formula is C29H30NO10P. The minimum atomic E-state index is -4.52. The quantitative estimate of drug-likeness (QED) is 0.0863. The lowest BCUT2D eigenvalue weighted by Crippen LogP contribution is -2.24. The van der Waals surface area contributed by atoms with E-state index in [9.17, 15) is 29.2 Å². The van der Waals surface area contributed by atoms with Crippen LogP contribution in [0.25, 0.3) is 33.4 Å². The number of nitrogens with one attached hydrogen (secondary N) is 1. The van der Waals surface area contributed by atoms with E-state index in [0.29, 0.717) is 48.7 Å². The number of aromatic carboxylic acids is 1. The summed E-state index contributed by atoms with van der Waals surface area (Å²) in [5.41, 5.74) is 1.26. The van der Waals surface area contributed by atoms with Crippen molar-refractivity contribution in [3.8, 4) is 28.2 Å². The van der Waals surface area contributed by atoms with Gasteiger partial charge in [0.15, 0.2) is 5.43 Å². The van der Waals surface area contributed by atoms with Gasteiger partial charge in [0.25, 0.3) is 5.91 Å². The summed E-state index contributed by atoms with van der Waals surface area (Å²) in [5, 5.41) is 23.3. The highest BCUT2D eigenvalue weighted by Gasteiger charge is 2.23. The van der Waals surface area contributed by atoms with Crippen molar-refractivity contribution >= 4 is 30.7 Å². The molecular weight excluding hydrogens is 553 g/mol. The Kier molecular flexibility index (Phi) is 9.25. The third-order valence-electron chi connectivity index (χ3n) is 6.84. The molecule has 12 heteroatoms. The van der Waals surface area contributed by atoms with Gasteiger partial charge in [0.05, 0.1) is 12.2 Å². The molecule has 0 saturated carbocycles. The number of benzene rings is 3. The van der Waals surface area contributed by atoms with Gasteiger partial charge in [-0.2, -0.15) is 0 Å². The highest BCUT2D eigenvalue weighted by atomic mass is 31.2. The summed E-state index contributed by atoms with van der Waals surface area (Å²) in [6.07, 6.45) is 2.68. The summed E-state index contributed by atoms with van der Waals surface area (Å²) in [6.45, 7) is 2.20. The number of fused-ring (bicyclic) bond motifs is 2. The van der Waals surface area contributed by atoms with E-state index in [2.05, 4.69) is 9.84 Å². The Bertz CT molecular complexity index is 1660. The van der Waals surface area contributed by atoms with E-state index in [1.54, 1.807) is 6.07 Å². The number of phosphoric acid groups is 1. The summed E-state index contributed by atoms with van der Waals surface area (Å²) < 4.78 is 21.4. The van der Waals surface area contributed by atoms with Gasteiger partial charge >= 0.3 is 13.8 Å². The molecule has 2 aliphatic rings. The molecule has 1 heterocycles. The van der Waals surface area contributed by atoms with Gasteiger partial charge in [-0.1, -0.05) is 19.8 Å². The van der Waals surface area contributed by atoms with Crippen LogP contribution in [0.4, 0.5) is 0 Å². The Morgan fingerprint density at radius 3 is 2.51 bits per heavy atom. The van der Waals surface area contributed by atoms with Crippen LogP contribution in [-0.4, -0.2) is 45.0 Å². The molecule has 4 rings (SSSR count). The Labute approximate surface area is 235 Å². The van der Waals surface area contributed by atoms with Crippen LogP contribution in [0.2, 0.25) is 0 Å². The van der Waals surface area contributed by atoms with Gasteiger partial charge in [-0.15, -0.1) is 0 Å². The number of aromatic hydroxyl groups is 1. The Hall–Kier alpha value is -4.02. The fourth-order valence-electron chi connectivity index (χ4n) is 4.70. The van der Waals surface area contributed by atoms with Crippen molar-refractivity contribution in [1.29, 1.82) is 0 Å². The topological polar surface area (TPSA) is 184 Å². The molecule has 0 radical (unpaired) electrons. The van der Waals surface area contributed by atoms with Crippen molar-refractivity contribution in [2.45, 2.75) is 32.6 Å². The van der Waals surface area contributed by atoms with Crippen molar-refractivity contribution < 1.29 is 43.1 Å². The van der Waals surface area contributed by atoms with Crippen LogP contribution in [0.15, 0.2) is 63.8 Å². The zero-order valence-electron chi connectivity index (χ0n) is 22.2. The first kappa shape index (κ1) is 30.0. The van der Waals surface area contributed by atoms with Crippen LogP contribution in [0.1, 0.15) is 53.3 Å². The van der Waals surface area contributed by atoms with Crippen molar-refractivity contribution in [2.24, 2.45) is 5.92 Å². The highest BCUT2D eigenvalue weighted by molar-refractivity contribution is 7.46. The maximum absolute atomic E-state index is 13.0. The van der Waals surface area contributed by atoms with E-state index in [4.69, 9.17) is 14.2 Å². The van der Waals surface area contributed by atoms with E-state index in [1.807, 2.05) is 6.92 Å². The smallest absolute Gasteiger partial charge is 0.469 e. The fourth-order valence-corrected chi connectivity index (χ4v) is 5.10. The maximum Gasteiger partial charge on any atom is 0.469 e. The molecule has 1 atom stereocenters. The van der Waals surface area contributed by atoms with E-state index in [1.165, 1.54) is 48.5 Å². The normalized spacial score (nSPS) is 12.5. The lowest BCUT2D eigenvalue weighted by Gasteiger charge is -2.17. The molecule has 2 aromatic rings. The largest absolute Gasteiger partial charge is 0.508 e. The van der Waals surface area contributed by atoms with Crippen LogP contribution in [0, 0.1) is 5.92 Å². The first-order chi connectivity index (χ1) is 19.5. The molecule has 1 aliphatic carbocycles. The molecule has 41 heavy (non-hydrogen) atoms. The number of carbonyl (C=O) groups excluding carboxylic acids is 1. The number of phenolic OH excluding ortho intramolecular Hbond substituents is 1. The molecule has 1 aliphatic heterocycles. The average molecular weight is 584 g/mol. The summed E-state index contributed by atoms with van der Waals surface area (Å²) in [7, 11) is -4.52. The van der Waals surface area contributed by atoms with Crippen LogP contribution in [-0.2, 0) is 9.09 Å². The standard InChI is InChI=1S/C29H30NO10P/c1-2-17(16-39-41(36,37)38)5-3-4-12-30-28(33)18-6-9-21(29(34)35)24(13-18)27-22-10-7-19(31)14-25(22)40-26-15-20(32)8-11-23(26)27/h6-11,13-15,17,31H,2-5,12,16H2,1H3,(H,30,33)(H,34,35)(H2,36,37,38). The van der Waals surface area contributed by atoms with E-state index >= 15 is 0 Å². The summed E-state index contributed by atoms with van der Waals surface area (Å²) in [5.74, 6) is -1.51. The lowest BCUT2D eigenvalue weighted by atomic mass is 9.89. The first-order valence-corrected chi connectivity index (χ1v) is 14.6. The molecule has 0 bridgehead atoms. The van der Waals surface area contributed by atoms with Crippen molar-refractivity contribution in [1.82, 2.24) is 5.32 Å². The Morgan fingerprint density at radius 2 is 1.80 bits per heavy atom. The summed E-state index contributed by atoms with van der Waals surface area (Å²) >= 11 is 0. The van der Waals surface area contributed by atoms with Crippen molar-refractivity contribution in [2.75, 3.05) is 13.2 Å². The number of carboxylic acid groups (broad SMARTS) is 1. The number of rotatable bonds is 12. The minimum absolute atomic E-state index is 0.0219. The monoisotopic (exact) mass is 583 g/mol. The number of carbonyl (C=O) groups is 2. The predicted molar refractivity (Wildman–Crippen MR) is 151 cm³/mol. The van der Waals surface area contributed by atoms with Gasteiger partial charge in [0, 0.05) is 40.8 Å². The second-order valence-corrected chi connectivity index (χ2v) is 10.9. The number of amides is 1. The summed E-state index contributed by atoms with van der Waals surface area (Å²) in [4.78, 5) is 55.1. The number of unbranched alkanes of at least 4 members (excludes halogenated alkanes) is 1. The van der Waals surface area contributed by atoms with Crippen LogP contribution in [0.3, 0.4) is 0 Å². The number of phosphoric ester groups is 1. The molecule has 11 nitrogen and oxygen atoms in total. The Balaban J connectivity index is 1.58. The number of hydrogen-bond acceptors (Lipinski definition) is 7. The van der Waals surface area contributed by atoms with Gasteiger partial charge in [0.2, 0.25) is 0 Å². The van der Waals surface area contributed by atoms with Gasteiger partial charge in [0.1, 0.15) is 17.1 Å². The highest BCUT2D eigenvalue weighted by Crippen LogP contribution is 2.42. The second-order valence-electron chi connectivity index (χ2n) is 9.69. The van der Waals surface area contributed by atoms with Crippen LogP contribution >= 0.6 is 7.82 Å². The van der Waals surface area contributed by atoms with Crippen LogP contribution < -0.4 is 10.7 Å². The first-order valence-electron chi connectivity index (χ1n) is 13.0. The molecule has 0 fully saturated rings. The van der Waals surface area contributed by atoms with Crippen molar-refractivity contribution in [3.05, 3.63) is 75.9 Å². The molecule has 216 valence electrons. The zero-order chi connectivity index (χ0) is 29.7. The van der Waals surface area contributed by atoms with Gasteiger partial charge in [-0.05, 0) is 66.8 Å². The zero-order valence-corrected chi connectivity index (χ0v) is 23.1. The van der Waals surface area contributed by atoms with Crippen LogP contribution in [0.5, 0.6) is 5.75 Å². The molecule has 1 amide bonds. The molecule has 1 unspecified atom stereocenters. The summed E-state index contributed by atoms with van der Waals surface area (Å²) in [6, 6.07) is 12.8. The minimum Gasteiger partial charge on any atom is -0.508 e. The lowest BCUT2D eigenvalue weighted by molar-refractivity contribution is 0.0697. The maximum atomic E-state index is 13.0. The molecule has 0 spiro atoms. The number of phenols is 1. The average Bonchev–Trinajstić information content (AvgIpc) is 2.92. The van der Waals surface area contributed by atoms with E-state index < -0.39 is 19.7 Å². The third-order valence-corrected chi connectivity index (χ3v) is 7.32. The number of carboxylic acids is 1. The fraction of sp³-hybridized carbons (Fsp3) is 0.276. The van der Waals surface area contributed by atoms with Gasteiger partial charge in [-0.3, -0.25) is 14.1 Å². The predicted octanol–water partition coefficient (Wildman–Crippen LogP) is 5.00. The molecule has 2 aromatic carbocycles. The SMILES string of the molecule is CCC(CCCCNC(=O)c1ccc(C(=O)O)c(-c2c3ccc(=O)cc-3oc3cc(O)ccc23)c1)COP(=O)(O)O. The van der Waals surface area contributed by atoms with Crippen molar-refractivity contribution in [3.63, 3.8) is 0 Å². The van der Waals surface area contributed by atoms with E-state index in [-0.39, 0.29) is 51.7 Å². The molecule has 0 aromatic heterocycles.